The van der Waals surface area contributed by atoms with Gasteiger partial charge in [0.05, 0.1) is 6.54 Å². The minimum absolute atomic E-state index is 0.610. The predicted molar refractivity (Wildman–Crippen MR) is 55.5 cm³/mol. The number of allylic oxidation sites excluding steroid dienone is 2. The van der Waals surface area contributed by atoms with Gasteiger partial charge in [0.1, 0.15) is 11.0 Å². The quantitative estimate of drug-likeness (QED) is 0.662. The first-order valence-electron chi connectivity index (χ1n) is 4.31. The molecule has 3 heteroatoms. The van der Waals surface area contributed by atoms with E-state index >= 15 is 0 Å². The molecular formula is C11H9N3. The Morgan fingerprint density at radius 3 is 2.50 bits per heavy atom. The second-order valence-electron chi connectivity index (χ2n) is 2.81. The van der Waals surface area contributed by atoms with Gasteiger partial charge in [-0.15, -0.1) is 6.42 Å². The average molecular weight is 183 g/mol. The lowest BCUT2D eigenvalue weighted by molar-refractivity contribution is 0.612. The van der Waals surface area contributed by atoms with Gasteiger partial charge in [0.2, 0.25) is 0 Å². The molecule has 0 radical (unpaired) electrons. The van der Waals surface area contributed by atoms with Gasteiger partial charge in [0.25, 0.3) is 0 Å². The average Bonchev–Trinajstić information content (AvgIpc) is 2.60. The summed E-state index contributed by atoms with van der Waals surface area (Å²) in [5.41, 5.74) is 1.81. The molecule has 3 nitrogen and oxygen atoms in total. The first kappa shape index (κ1) is 8.52. The van der Waals surface area contributed by atoms with Gasteiger partial charge >= 0.3 is 0 Å². The van der Waals surface area contributed by atoms with Gasteiger partial charge in [-0.3, -0.25) is 0 Å². The van der Waals surface area contributed by atoms with Crippen LogP contribution in [0.25, 0.3) is 11.0 Å². The third-order valence-corrected chi connectivity index (χ3v) is 1.81. The molecule has 0 aliphatic rings. The maximum atomic E-state index is 5.08. The fourth-order valence-corrected chi connectivity index (χ4v) is 1.20. The van der Waals surface area contributed by atoms with Crippen molar-refractivity contribution in [3.63, 3.8) is 0 Å². The first-order chi connectivity index (χ1) is 6.90. The van der Waals surface area contributed by atoms with Crippen molar-refractivity contribution in [1.82, 2.24) is 15.0 Å². The molecule has 0 fully saturated rings. The Kier molecular flexibility index (Phi) is 2.28. The zero-order chi connectivity index (χ0) is 9.80. The van der Waals surface area contributed by atoms with Crippen molar-refractivity contribution in [2.24, 2.45) is 0 Å². The van der Waals surface area contributed by atoms with Crippen LogP contribution in [0.4, 0.5) is 0 Å². The van der Waals surface area contributed by atoms with E-state index in [0.717, 1.165) is 11.0 Å². The van der Waals surface area contributed by atoms with Crippen molar-refractivity contribution >= 4 is 11.0 Å². The van der Waals surface area contributed by atoms with Crippen molar-refractivity contribution in [1.29, 1.82) is 0 Å². The van der Waals surface area contributed by atoms with E-state index in [1.807, 2.05) is 30.3 Å². The molecule has 0 aliphatic heterocycles. The second kappa shape index (κ2) is 3.75. The zero-order valence-electron chi connectivity index (χ0n) is 7.59. The summed E-state index contributed by atoms with van der Waals surface area (Å²) in [6.07, 6.45) is 8.57. The molecule has 0 N–H and O–H groups in total. The van der Waals surface area contributed by atoms with Crippen LogP contribution in [-0.2, 0) is 6.54 Å². The number of fused-ring (bicyclic) bond motifs is 1. The van der Waals surface area contributed by atoms with Gasteiger partial charge in [-0.25, -0.2) is 0 Å². The Bertz CT molecular complexity index is 469. The molecule has 1 heterocycles. The molecule has 68 valence electrons. The maximum absolute atomic E-state index is 5.08. The topological polar surface area (TPSA) is 30.7 Å². The monoisotopic (exact) mass is 183 g/mol. The van der Waals surface area contributed by atoms with Gasteiger partial charge in [0, 0.05) is 0 Å². The van der Waals surface area contributed by atoms with Crippen molar-refractivity contribution < 1.29 is 0 Å². The molecule has 0 bridgehead atoms. The summed E-state index contributed by atoms with van der Waals surface area (Å²) in [5.74, 6) is 2.42. The Balaban J connectivity index is 2.28. The first-order valence-corrected chi connectivity index (χ1v) is 4.31. The van der Waals surface area contributed by atoms with Gasteiger partial charge in [-0.1, -0.05) is 24.1 Å². The Hall–Kier alpha value is -2.08. The van der Waals surface area contributed by atoms with Crippen LogP contribution in [0.2, 0.25) is 0 Å². The third-order valence-electron chi connectivity index (χ3n) is 1.81. The van der Waals surface area contributed by atoms with E-state index in [9.17, 15) is 0 Å². The predicted octanol–water partition coefficient (Wildman–Crippen LogP) is 1.62. The normalized spacial score (nSPS) is 10.8. The highest BCUT2D eigenvalue weighted by Crippen LogP contribution is 2.06. The second-order valence-corrected chi connectivity index (χ2v) is 2.81. The highest BCUT2D eigenvalue weighted by molar-refractivity contribution is 5.72. The molecule has 0 spiro atoms. The summed E-state index contributed by atoms with van der Waals surface area (Å²) in [7, 11) is 0. The Labute approximate surface area is 82.0 Å². The van der Waals surface area contributed by atoms with E-state index in [2.05, 4.69) is 16.1 Å². The van der Waals surface area contributed by atoms with E-state index in [0.29, 0.717) is 6.54 Å². The molecule has 2 rings (SSSR count). The van der Waals surface area contributed by atoms with Crippen LogP contribution >= 0.6 is 0 Å². The van der Waals surface area contributed by atoms with Crippen LogP contribution in [-0.4, -0.2) is 15.0 Å². The minimum Gasteiger partial charge on any atom is -0.180 e. The minimum atomic E-state index is 0.610. The molecule has 14 heavy (non-hydrogen) atoms. The molecule has 0 aliphatic carbocycles. The number of terminal acetylenes is 1. The summed E-state index contributed by atoms with van der Waals surface area (Å²) in [5, 5.41) is 8.54. The zero-order valence-corrected chi connectivity index (χ0v) is 7.59. The van der Waals surface area contributed by atoms with E-state index in [1.165, 1.54) is 0 Å². The lowest BCUT2D eigenvalue weighted by Gasteiger charge is -1.88. The molecule has 2 aromatic rings. The van der Waals surface area contributed by atoms with E-state index in [4.69, 9.17) is 6.42 Å². The number of hydrogen-bond acceptors (Lipinski definition) is 2. The Morgan fingerprint density at radius 2 is 1.93 bits per heavy atom. The number of benzene rings is 1. The molecule has 0 saturated heterocycles. The fourth-order valence-electron chi connectivity index (χ4n) is 1.20. The summed E-state index contributed by atoms with van der Waals surface area (Å²) >= 11 is 0. The van der Waals surface area contributed by atoms with Crippen LogP contribution in [0.15, 0.2) is 36.4 Å². The van der Waals surface area contributed by atoms with E-state index < -0.39 is 0 Å². The summed E-state index contributed by atoms with van der Waals surface area (Å²) in [6.45, 7) is 0.610. The molecule has 1 aromatic heterocycles. The molecule has 0 unspecified atom stereocenters. The van der Waals surface area contributed by atoms with Crippen LogP contribution in [0.1, 0.15) is 0 Å². The number of hydrogen-bond donors (Lipinski definition) is 0. The van der Waals surface area contributed by atoms with Crippen molar-refractivity contribution in [2.75, 3.05) is 0 Å². The smallest absolute Gasteiger partial charge is 0.113 e. The maximum Gasteiger partial charge on any atom is 0.113 e. The third kappa shape index (κ3) is 1.64. The molecule has 0 amide bonds. The van der Waals surface area contributed by atoms with Gasteiger partial charge in [0.15, 0.2) is 0 Å². The number of nitrogens with zero attached hydrogens (tertiary/aromatic N) is 3. The van der Waals surface area contributed by atoms with E-state index in [1.54, 1.807) is 10.9 Å². The summed E-state index contributed by atoms with van der Waals surface area (Å²) < 4.78 is 0. The number of rotatable bonds is 2. The molecule has 1 aromatic carbocycles. The fraction of sp³-hybridized carbons (Fsp3) is 0.0909. The highest BCUT2D eigenvalue weighted by atomic mass is 15.5. The van der Waals surface area contributed by atoms with Crippen molar-refractivity contribution in [3.8, 4) is 12.3 Å². The van der Waals surface area contributed by atoms with Gasteiger partial charge in [-0.05, 0) is 18.2 Å². The van der Waals surface area contributed by atoms with Crippen molar-refractivity contribution in [3.05, 3.63) is 36.4 Å². The van der Waals surface area contributed by atoms with E-state index in [-0.39, 0.29) is 0 Å². The standard InChI is InChI=1S/C11H9N3/c1-2-3-6-9-14-12-10-7-4-5-8-11(10)13-14/h1,3-8H,9H2/b6-3+. The Morgan fingerprint density at radius 1 is 1.29 bits per heavy atom. The highest BCUT2D eigenvalue weighted by Gasteiger charge is 1.98. The SMILES string of the molecule is C#C/C=C/Cn1nc2ccccc2n1. The van der Waals surface area contributed by atoms with Crippen molar-refractivity contribution in [2.45, 2.75) is 6.54 Å². The lowest BCUT2D eigenvalue weighted by atomic mass is 10.3. The van der Waals surface area contributed by atoms with Crippen LogP contribution in [0.3, 0.4) is 0 Å². The van der Waals surface area contributed by atoms with Crippen LogP contribution in [0, 0.1) is 12.3 Å². The summed E-state index contributed by atoms with van der Waals surface area (Å²) in [4.78, 5) is 1.62. The molecular weight excluding hydrogens is 174 g/mol. The van der Waals surface area contributed by atoms with Crippen LogP contribution < -0.4 is 0 Å². The van der Waals surface area contributed by atoms with Crippen LogP contribution in [0.5, 0.6) is 0 Å². The summed E-state index contributed by atoms with van der Waals surface area (Å²) in [6, 6.07) is 7.75. The molecule has 0 saturated carbocycles. The largest absolute Gasteiger partial charge is 0.180 e. The number of aromatic nitrogens is 3. The van der Waals surface area contributed by atoms with Gasteiger partial charge in [-0.2, -0.15) is 15.0 Å². The molecule has 0 atom stereocenters. The van der Waals surface area contributed by atoms with Gasteiger partial charge < -0.3 is 0 Å². The lowest BCUT2D eigenvalue weighted by Crippen LogP contribution is -1.98.